The number of thiazole rings is 1. The molecule has 2 aromatic heterocycles. The van der Waals surface area contributed by atoms with Crippen LogP contribution in [0.3, 0.4) is 0 Å². The summed E-state index contributed by atoms with van der Waals surface area (Å²) >= 11 is 1.16. The van der Waals surface area contributed by atoms with Crippen LogP contribution in [-0.4, -0.2) is 9.38 Å². The summed E-state index contributed by atoms with van der Waals surface area (Å²) in [7, 11) is 0. The smallest absolute Gasteiger partial charge is 0.267 e. The molecule has 3 nitrogen and oxygen atoms in total. The van der Waals surface area contributed by atoms with Crippen molar-refractivity contribution in [1.82, 2.24) is 9.38 Å². The van der Waals surface area contributed by atoms with E-state index in [9.17, 15) is 13.6 Å². The van der Waals surface area contributed by atoms with Crippen molar-refractivity contribution >= 4 is 33.4 Å². The van der Waals surface area contributed by atoms with Gasteiger partial charge in [0.25, 0.3) is 5.56 Å². The molecule has 0 amide bonds. The van der Waals surface area contributed by atoms with Gasteiger partial charge in [0.05, 0.1) is 15.6 Å². The first kappa shape index (κ1) is 14.0. The van der Waals surface area contributed by atoms with E-state index in [4.69, 9.17) is 0 Å². The Morgan fingerprint density at radius 1 is 1.17 bits per heavy atom. The number of rotatable bonds is 1. The highest BCUT2D eigenvalue weighted by Crippen LogP contribution is 2.19. The second kappa shape index (κ2) is 4.96. The number of fused-ring (bicyclic) bond motifs is 3. The van der Waals surface area contributed by atoms with Gasteiger partial charge in [0.1, 0.15) is 0 Å². The van der Waals surface area contributed by atoms with Gasteiger partial charge in [0.15, 0.2) is 16.6 Å². The van der Waals surface area contributed by atoms with Gasteiger partial charge in [-0.1, -0.05) is 35.6 Å². The molecule has 0 aliphatic rings. The Balaban J connectivity index is 2.05. The summed E-state index contributed by atoms with van der Waals surface area (Å²) in [6.45, 7) is 1.93. The molecule has 0 aliphatic carbocycles. The predicted molar refractivity (Wildman–Crippen MR) is 86.7 cm³/mol. The number of benzene rings is 2. The summed E-state index contributed by atoms with van der Waals surface area (Å²) < 4.78 is 28.9. The van der Waals surface area contributed by atoms with E-state index in [-0.39, 0.29) is 11.1 Å². The minimum absolute atomic E-state index is 0.0482. The third-order valence-corrected chi connectivity index (χ3v) is 4.71. The second-order valence-electron chi connectivity index (χ2n) is 5.23. The SMILES string of the molecule is Cc1cccc2c1nc1s/c(=C\c3cccc(F)c3F)c(=O)n12. The molecule has 0 aliphatic heterocycles. The predicted octanol–water partition coefficient (Wildman–Crippen LogP) is 3.04. The number of aromatic nitrogens is 2. The molecule has 0 radical (unpaired) electrons. The maximum atomic E-state index is 13.8. The van der Waals surface area contributed by atoms with E-state index in [0.29, 0.717) is 9.49 Å². The number of hydrogen-bond acceptors (Lipinski definition) is 3. The third-order valence-electron chi connectivity index (χ3n) is 3.74. The molecule has 23 heavy (non-hydrogen) atoms. The molecule has 0 saturated heterocycles. The highest BCUT2D eigenvalue weighted by atomic mass is 32.1. The van der Waals surface area contributed by atoms with Gasteiger partial charge in [-0.25, -0.2) is 18.2 Å². The van der Waals surface area contributed by atoms with E-state index in [1.165, 1.54) is 22.6 Å². The molecule has 2 aromatic carbocycles. The van der Waals surface area contributed by atoms with Gasteiger partial charge in [-0.15, -0.1) is 0 Å². The number of para-hydroxylation sites is 1. The van der Waals surface area contributed by atoms with E-state index in [1.807, 2.05) is 25.1 Å². The van der Waals surface area contributed by atoms with Crippen molar-refractivity contribution in [2.75, 3.05) is 0 Å². The van der Waals surface area contributed by atoms with Crippen molar-refractivity contribution in [2.45, 2.75) is 6.92 Å². The zero-order valence-electron chi connectivity index (χ0n) is 12.0. The van der Waals surface area contributed by atoms with Crippen molar-refractivity contribution in [2.24, 2.45) is 0 Å². The number of aryl methyl sites for hydroxylation is 1. The van der Waals surface area contributed by atoms with Crippen LogP contribution < -0.4 is 10.1 Å². The highest BCUT2D eigenvalue weighted by Gasteiger charge is 2.13. The molecule has 0 N–H and O–H groups in total. The van der Waals surface area contributed by atoms with Gasteiger partial charge in [-0.05, 0) is 30.7 Å². The molecule has 0 bridgehead atoms. The fourth-order valence-electron chi connectivity index (χ4n) is 2.60. The van der Waals surface area contributed by atoms with Gasteiger partial charge in [-0.3, -0.25) is 4.79 Å². The van der Waals surface area contributed by atoms with Crippen LogP contribution in [0, 0.1) is 18.6 Å². The molecule has 6 heteroatoms. The molecule has 4 aromatic rings. The van der Waals surface area contributed by atoms with Crippen LogP contribution >= 0.6 is 11.3 Å². The van der Waals surface area contributed by atoms with E-state index < -0.39 is 11.6 Å². The maximum Gasteiger partial charge on any atom is 0.274 e. The number of imidazole rings is 1. The number of halogens is 2. The van der Waals surface area contributed by atoms with Gasteiger partial charge < -0.3 is 0 Å². The summed E-state index contributed by atoms with van der Waals surface area (Å²) in [5.74, 6) is -1.90. The molecule has 0 atom stereocenters. The van der Waals surface area contributed by atoms with E-state index in [2.05, 4.69) is 4.98 Å². The molecule has 114 valence electrons. The Labute approximate surface area is 133 Å². The standard InChI is InChI=1S/C17H10F2N2OS/c1-9-4-2-7-12-15(9)20-17-21(12)16(22)13(23-17)8-10-5-3-6-11(18)14(10)19/h2-8H,1H3/b13-8-. The molecule has 0 fully saturated rings. The Bertz CT molecular complexity index is 1180. The monoisotopic (exact) mass is 328 g/mol. The van der Waals surface area contributed by atoms with E-state index >= 15 is 0 Å². The average molecular weight is 328 g/mol. The minimum Gasteiger partial charge on any atom is -0.267 e. The first-order valence-electron chi connectivity index (χ1n) is 6.92. The summed E-state index contributed by atoms with van der Waals surface area (Å²) in [6, 6.07) is 9.50. The Morgan fingerprint density at radius 2 is 1.96 bits per heavy atom. The maximum absolute atomic E-state index is 13.8. The number of hydrogen-bond donors (Lipinski definition) is 0. The fraction of sp³-hybridized carbons (Fsp3) is 0.0588. The topological polar surface area (TPSA) is 34.4 Å². The van der Waals surface area contributed by atoms with Crippen LogP contribution in [0.15, 0.2) is 41.2 Å². The van der Waals surface area contributed by atoms with Crippen LogP contribution in [0.25, 0.3) is 22.1 Å². The van der Waals surface area contributed by atoms with Crippen molar-refractivity contribution in [3.8, 4) is 0 Å². The Kier molecular flexibility index (Phi) is 3.02. The first-order valence-corrected chi connectivity index (χ1v) is 7.74. The zero-order chi connectivity index (χ0) is 16.1. The van der Waals surface area contributed by atoms with Crippen molar-refractivity contribution in [3.63, 3.8) is 0 Å². The van der Waals surface area contributed by atoms with Gasteiger partial charge in [0.2, 0.25) is 0 Å². The zero-order valence-corrected chi connectivity index (χ0v) is 12.8. The normalized spacial score (nSPS) is 12.6. The summed E-state index contributed by atoms with van der Waals surface area (Å²) in [6.07, 6.45) is 1.36. The minimum atomic E-state index is -0.960. The van der Waals surface area contributed by atoms with Gasteiger partial charge in [-0.2, -0.15) is 0 Å². The lowest BCUT2D eigenvalue weighted by molar-refractivity contribution is 0.507. The first-order chi connectivity index (χ1) is 11.1. The lowest BCUT2D eigenvalue weighted by Crippen LogP contribution is -2.22. The summed E-state index contributed by atoms with van der Waals surface area (Å²) in [4.78, 5) is 17.6. The second-order valence-corrected chi connectivity index (χ2v) is 6.24. The lowest BCUT2D eigenvalue weighted by Gasteiger charge is -1.96. The van der Waals surface area contributed by atoms with Gasteiger partial charge in [0, 0.05) is 5.56 Å². The van der Waals surface area contributed by atoms with Gasteiger partial charge >= 0.3 is 0 Å². The van der Waals surface area contributed by atoms with Crippen LogP contribution in [0.4, 0.5) is 8.78 Å². The molecule has 0 spiro atoms. The summed E-state index contributed by atoms with van der Waals surface area (Å²) in [5, 5.41) is 0. The van der Waals surface area contributed by atoms with Crippen LogP contribution in [0.5, 0.6) is 0 Å². The Morgan fingerprint density at radius 3 is 2.78 bits per heavy atom. The molecule has 0 saturated carbocycles. The van der Waals surface area contributed by atoms with Crippen LogP contribution in [0.1, 0.15) is 11.1 Å². The molecule has 0 unspecified atom stereocenters. The van der Waals surface area contributed by atoms with Crippen LogP contribution in [0.2, 0.25) is 0 Å². The summed E-state index contributed by atoms with van der Waals surface area (Å²) in [5.41, 5.74) is 2.26. The molecule has 2 heterocycles. The lowest BCUT2D eigenvalue weighted by atomic mass is 10.2. The third kappa shape index (κ3) is 2.06. The average Bonchev–Trinajstić information content (AvgIpc) is 3.03. The van der Waals surface area contributed by atoms with E-state index in [0.717, 1.165) is 34.0 Å². The Hall–Kier alpha value is -2.60. The largest absolute Gasteiger partial charge is 0.274 e. The van der Waals surface area contributed by atoms with Crippen molar-refractivity contribution < 1.29 is 8.78 Å². The fourth-order valence-corrected chi connectivity index (χ4v) is 3.57. The van der Waals surface area contributed by atoms with Crippen molar-refractivity contribution in [3.05, 3.63) is 74.0 Å². The molecular weight excluding hydrogens is 318 g/mol. The van der Waals surface area contributed by atoms with E-state index in [1.54, 1.807) is 0 Å². The highest BCUT2D eigenvalue weighted by molar-refractivity contribution is 7.15. The quantitative estimate of drug-likeness (QED) is 0.538. The molecule has 4 rings (SSSR count). The van der Waals surface area contributed by atoms with Crippen molar-refractivity contribution in [1.29, 1.82) is 0 Å². The molecular formula is C17H10F2N2OS. The number of nitrogens with zero attached hydrogens (tertiary/aromatic N) is 2. The van der Waals surface area contributed by atoms with Crippen LogP contribution in [-0.2, 0) is 0 Å².